The number of Topliss-reactive ketones (excluding diaryl/α,β-unsaturated/α-hetero) is 1. The number of H-pyrrole nitrogens is 1. The zero-order valence-electron chi connectivity index (χ0n) is 17.1. The number of rotatable bonds is 9. The Labute approximate surface area is 179 Å². The first-order valence-electron chi connectivity index (χ1n) is 9.96. The van der Waals surface area contributed by atoms with E-state index in [0.29, 0.717) is 35.8 Å². The molecule has 0 unspecified atom stereocenters. The number of aromatic nitrogens is 4. The highest BCUT2D eigenvalue weighted by Crippen LogP contribution is 2.27. The number of ether oxygens (including phenoxy) is 1. The maximum Gasteiger partial charge on any atom is 0.227 e. The van der Waals surface area contributed by atoms with Crippen molar-refractivity contribution in [3.8, 4) is 5.75 Å². The lowest BCUT2D eigenvalue weighted by Crippen LogP contribution is -2.15. The molecule has 3 N–H and O–H groups in total. The third-order valence-electron chi connectivity index (χ3n) is 4.94. The van der Waals surface area contributed by atoms with Crippen LogP contribution in [0.25, 0.3) is 21.8 Å². The summed E-state index contributed by atoms with van der Waals surface area (Å²) in [5.41, 5.74) is 2.84. The van der Waals surface area contributed by atoms with Gasteiger partial charge >= 0.3 is 0 Å². The van der Waals surface area contributed by atoms with Crippen LogP contribution < -0.4 is 10.1 Å². The number of ketones is 1. The Morgan fingerprint density at radius 1 is 1.35 bits per heavy atom. The van der Waals surface area contributed by atoms with E-state index in [1.807, 2.05) is 36.4 Å². The summed E-state index contributed by atoms with van der Waals surface area (Å²) >= 11 is 0. The lowest BCUT2D eigenvalue weighted by atomic mass is 10.1. The van der Waals surface area contributed by atoms with E-state index < -0.39 is 0 Å². The zero-order chi connectivity index (χ0) is 21.8. The standard InChI is InChI=1S/C23H23N5O3/c1-3-17(9-7-14(2)30)31-21-6-4-5-15-12-24-23(26-22(15)21)25-16-8-10-18-19(11-16)27-28-20(18)13-29/h3-6,8,10-12,17,29H,1,7,9,13H2,2H3,(H,27,28)(H,24,25,26)/t17-/m1/s1. The zero-order valence-corrected chi connectivity index (χ0v) is 17.1. The molecule has 2 aromatic heterocycles. The van der Waals surface area contributed by atoms with Crippen molar-refractivity contribution in [3.05, 3.63) is 60.9 Å². The molecule has 0 fully saturated rings. The third kappa shape index (κ3) is 4.54. The number of para-hydroxylation sites is 1. The number of carbonyl (C=O) groups is 1. The Morgan fingerprint density at radius 3 is 3.00 bits per heavy atom. The summed E-state index contributed by atoms with van der Waals surface area (Å²) in [4.78, 5) is 20.3. The van der Waals surface area contributed by atoms with Crippen molar-refractivity contribution in [1.82, 2.24) is 20.2 Å². The molecule has 0 saturated heterocycles. The van der Waals surface area contributed by atoms with Crippen LogP contribution in [0.5, 0.6) is 5.75 Å². The fraction of sp³-hybridized carbons (Fsp3) is 0.217. The fourth-order valence-electron chi connectivity index (χ4n) is 3.31. The molecule has 8 nitrogen and oxygen atoms in total. The molecule has 8 heteroatoms. The normalized spacial score (nSPS) is 12.1. The molecule has 0 radical (unpaired) electrons. The average molecular weight is 417 g/mol. The number of anilines is 2. The minimum Gasteiger partial charge on any atom is -0.484 e. The molecule has 2 aromatic carbocycles. The molecule has 0 saturated carbocycles. The number of aliphatic hydroxyl groups excluding tert-OH is 1. The molecular formula is C23H23N5O3. The van der Waals surface area contributed by atoms with Crippen molar-refractivity contribution in [2.24, 2.45) is 0 Å². The lowest BCUT2D eigenvalue weighted by Gasteiger charge is -2.16. The summed E-state index contributed by atoms with van der Waals surface area (Å²) in [6.45, 7) is 5.28. The minimum absolute atomic E-state index is 0.0992. The number of aliphatic hydroxyl groups is 1. The van der Waals surface area contributed by atoms with E-state index in [4.69, 9.17) is 4.74 Å². The van der Waals surface area contributed by atoms with Gasteiger partial charge in [0.25, 0.3) is 0 Å². The number of benzene rings is 2. The fourth-order valence-corrected chi connectivity index (χ4v) is 3.31. The molecule has 0 amide bonds. The molecule has 158 valence electrons. The summed E-state index contributed by atoms with van der Waals surface area (Å²) in [7, 11) is 0. The second-order valence-corrected chi connectivity index (χ2v) is 7.24. The Morgan fingerprint density at radius 2 is 2.23 bits per heavy atom. The Bertz CT molecular complexity index is 1250. The van der Waals surface area contributed by atoms with Gasteiger partial charge in [0, 0.05) is 29.1 Å². The van der Waals surface area contributed by atoms with Gasteiger partial charge in [-0.1, -0.05) is 24.8 Å². The van der Waals surface area contributed by atoms with Gasteiger partial charge in [-0.3, -0.25) is 5.10 Å². The minimum atomic E-state index is -0.288. The first kappa shape index (κ1) is 20.5. The molecule has 4 aromatic rings. The monoisotopic (exact) mass is 417 g/mol. The van der Waals surface area contributed by atoms with E-state index in [9.17, 15) is 9.90 Å². The van der Waals surface area contributed by atoms with Crippen molar-refractivity contribution in [2.75, 3.05) is 5.32 Å². The Hall–Kier alpha value is -3.78. The van der Waals surface area contributed by atoms with E-state index in [-0.39, 0.29) is 18.5 Å². The highest BCUT2D eigenvalue weighted by Gasteiger charge is 2.13. The van der Waals surface area contributed by atoms with Crippen molar-refractivity contribution < 1.29 is 14.6 Å². The highest BCUT2D eigenvalue weighted by molar-refractivity contribution is 5.87. The summed E-state index contributed by atoms with van der Waals surface area (Å²) < 4.78 is 6.08. The summed E-state index contributed by atoms with van der Waals surface area (Å²) in [5.74, 6) is 1.13. The molecule has 0 aliphatic heterocycles. The molecule has 1 atom stereocenters. The van der Waals surface area contributed by atoms with Crippen LogP contribution in [0, 0.1) is 0 Å². The predicted molar refractivity (Wildman–Crippen MR) is 119 cm³/mol. The van der Waals surface area contributed by atoms with Crippen LogP contribution >= 0.6 is 0 Å². The van der Waals surface area contributed by atoms with Gasteiger partial charge in [0.2, 0.25) is 5.95 Å². The number of carbonyl (C=O) groups excluding carboxylic acids is 1. The van der Waals surface area contributed by atoms with Gasteiger partial charge in [0.1, 0.15) is 23.2 Å². The number of nitrogens with zero attached hydrogens (tertiary/aromatic N) is 3. The molecule has 2 heterocycles. The summed E-state index contributed by atoms with van der Waals surface area (Å²) in [6, 6.07) is 11.3. The van der Waals surface area contributed by atoms with Crippen LogP contribution in [0.4, 0.5) is 11.6 Å². The number of fused-ring (bicyclic) bond motifs is 2. The van der Waals surface area contributed by atoms with Crippen molar-refractivity contribution in [2.45, 2.75) is 32.5 Å². The quantitative estimate of drug-likeness (QED) is 0.352. The van der Waals surface area contributed by atoms with Crippen molar-refractivity contribution >= 4 is 39.2 Å². The number of aromatic amines is 1. The maximum absolute atomic E-state index is 11.3. The lowest BCUT2D eigenvalue weighted by molar-refractivity contribution is -0.117. The van der Waals surface area contributed by atoms with Crippen molar-refractivity contribution in [1.29, 1.82) is 0 Å². The van der Waals surface area contributed by atoms with E-state index >= 15 is 0 Å². The number of nitrogens with one attached hydrogen (secondary N) is 2. The second kappa shape index (κ2) is 8.93. The maximum atomic E-state index is 11.3. The van der Waals surface area contributed by atoms with Gasteiger partial charge < -0.3 is 20.0 Å². The van der Waals surface area contributed by atoms with E-state index in [2.05, 4.69) is 32.1 Å². The van der Waals surface area contributed by atoms with E-state index in [1.165, 1.54) is 0 Å². The van der Waals surface area contributed by atoms with Gasteiger partial charge in [-0.15, -0.1) is 0 Å². The summed E-state index contributed by atoms with van der Waals surface area (Å²) in [5, 5.41) is 21.3. The van der Waals surface area contributed by atoms with Crippen LogP contribution in [0.15, 0.2) is 55.3 Å². The SMILES string of the molecule is C=C[C@H](CCC(C)=O)Oc1cccc2cnc(Nc3ccc4c(CO)[nH]nc4c3)nc12. The van der Waals surface area contributed by atoms with Crippen molar-refractivity contribution in [3.63, 3.8) is 0 Å². The third-order valence-corrected chi connectivity index (χ3v) is 4.94. The van der Waals surface area contributed by atoms with Gasteiger partial charge in [-0.05, 0) is 37.6 Å². The van der Waals surface area contributed by atoms with Crippen LogP contribution in [0.3, 0.4) is 0 Å². The van der Waals surface area contributed by atoms with Crippen LogP contribution in [-0.2, 0) is 11.4 Å². The number of hydrogen-bond acceptors (Lipinski definition) is 7. The van der Waals surface area contributed by atoms with Gasteiger partial charge in [-0.2, -0.15) is 5.10 Å². The van der Waals surface area contributed by atoms with Gasteiger partial charge in [0.15, 0.2) is 0 Å². The molecule has 0 bridgehead atoms. The number of hydrogen-bond donors (Lipinski definition) is 3. The molecule has 0 aliphatic rings. The largest absolute Gasteiger partial charge is 0.484 e. The molecule has 0 spiro atoms. The second-order valence-electron chi connectivity index (χ2n) is 7.24. The van der Waals surface area contributed by atoms with Crippen LogP contribution in [-0.4, -0.2) is 37.2 Å². The molecule has 0 aliphatic carbocycles. The first-order valence-corrected chi connectivity index (χ1v) is 9.96. The Balaban J connectivity index is 1.60. The topological polar surface area (TPSA) is 113 Å². The summed E-state index contributed by atoms with van der Waals surface area (Å²) in [6.07, 6.45) is 4.13. The van der Waals surface area contributed by atoms with Gasteiger partial charge in [0.05, 0.1) is 17.8 Å². The highest BCUT2D eigenvalue weighted by atomic mass is 16.5. The predicted octanol–water partition coefficient (Wildman–Crippen LogP) is 4.04. The first-order chi connectivity index (χ1) is 15.1. The molecule has 31 heavy (non-hydrogen) atoms. The van der Waals surface area contributed by atoms with Crippen LogP contribution in [0.1, 0.15) is 25.5 Å². The average Bonchev–Trinajstić information content (AvgIpc) is 3.19. The van der Waals surface area contributed by atoms with Crippen LogP contribution in [0.2, 0.25) is 0 Å². The van der Waals surface area contributed by atoms with Gasteiger partial charge in [-0.25, -0.2) is 9.97 Å². The molecule has 4 rings (SSSR count). The Kier molecular flexibility index (Phi) is 5.90. The van der Waals surface area contributed by atoms with E-state index in [1.54, 1.807) is 19.2 Å². The smallest absolute Gasteiger partial charge is 0.227 e. The molecular weight excluding hydrogens is 394 g/mol. The van der Waals surface area contributed by atoms with E-state index in [0.717, 1.165) is 22.0 Å².